The molecular weight excluding hydrogens is 380 g/mol. The molecule has 0 spiro atoms. The molecule has 1 fully saturated rings. The number of carbonyl (C=O) groups excluding carboxylic acids is 1. The van der Waals surface area contributed by atoms with Crippen molar-refractivity contribution in [2.75, 3.05) is 24.7 Å². The highest BCUT2D eigenvalue weighted by atomic mass is 79.9. The Bertz CT molecular complexity index is 812. The first-order chi connectivity index (χ1) is 12.2. The summed E-state index contributed by atoms with van der Waals surface area (Å²) in [6.45, 7) is 2.72. The van der Waals surface area contributed by atoms with Crippen molar-refractivity contribution < 1.29 is 4.79 Å². The Balaban J connectivity index is 1.67. The quantitative estimate of drug-likeness (QED) is 0.790. The topological polar surface area (TPSA) is 48.8 Å². The van der Waals surface area contributed by atoms with E-state index in [0.717, 1.165) is 28.8 Å². The lowest BCUT2D eigenvalue weighted by molar-refractivity contribution is -0.112. The fourth-order valence-corrected chi connectivity index (χ4v) is 3.59. The van der Waals surface area contributed by atoms with Crippen molar-refractivity contribution in [1.82, 2.24) is 9.88 Å². The zero-order valence-electron chi connectivity index (χ0n) is 13.9. The Hall–Kier alpha value is -2.05. The highest BCUT2D eigenvalue weighted by molar-refractivity contribution is 9.10. The molecule has 128 valence electrons. The first-order valence-electron chi connectivity index (χ1n) is 8.56. The molecular formula is C19H19BrN4O. The van der Waals surface area contributed by atoms with Gasteiger partial charge in [0.15, 0.2) is 5.82 Å². The third kappa shape index (κ3) is 3.37. The number of benzene rings is 1. The van der Waals surface area contributed by atoms with Gasteiger partial charge in [0.1, 0.15) is 5.71 Å². The number of hydrogen-bond donors (Lipinski definition) is 0. The van der Waals surface area contributed by atoms with Crippen molar-refractivity contribution in [2.45, 2.75) is 19.3 Å². The minimum atomic E-state index is -0.0449. The molecule has 5 nitrogen and oxygen atoms in total. The van der Waals surface area contributed by atoms with Crippen LogP contribution in [0.2, 0.25) is 0 Å². The largest absolute Gasteiger partial charge is 0.293 e. The lowest BCUT2D eigenvalue weighted by atomic mass is 10.1. The molecule has 25 heavy (non-hydrogen) atoms. The van der Waals surface area contributed by atoms with E-state index in [0.29, 0.717) is 18.2 Å². The zero-order valence-corrected chi connectivity index (χ0v) is 15.4. The van der Waals surface area contributed by atoms with E-state index >= 15 is 0 Å². The molecule has 0 radical (unpaired) electrons. The van der Waals surface area contributed by atoms with Gasteiger partial charge in [0.25, 0.3) is 5.91 Å². The number of likely N-dealkylation sites (tertiary alicyclic amines) is 1. The minimum absolute atomic E-state index is 0.0449. The van der Waals surface area contributed by atoms with Crippen molar-refractivity contribution in [3.8, 4) is 0 Å². The van der Waals surface area contributed by atoms with Crippen molar-refractivity contribution in [3.05, 3.63) is 52.6 Å². The maximum atomic E-state index is 13.0. The second kappa shape index (κ2) is 7.06. The van der Waals surface area contributed by atoms with E-state index in [1.807, 2.05) is 35.2 Å². The van der Waals surface area contributed by atoms with Crippen LogP contribution in [0, 0.1) is 0 Å². The highest BCUT2D eigenvalue weighted by Gasteiger charge is 2.34. The summed E-state index contributed by atoms with van der Waals surface area (Å²) in [5.74, 6) is 0.498. The number of amides is 1. The summed E-state index contributed by atoms with van der Waals surface area (Å²) in [5, 5.41) is 0. The summed E-state index contributed by atoms with van der Waals surface area (Å²) in [7, 11) is 0. The molecule has 0 aliphatic carbocycles. The zero-order chi connectivity index (χ0) is 17.2. The summed E-state index contributed by atoms with van der Waals surface area (Å²) in [6.07, 6.45) is 5.38. The summed E-state index contributed by atoms with van der Waals surface area (Å²) in [5.41, 5.74) is 2.30. The van der Waals surface area contributed by atoms with Crippen LogP contribution in [-0.2, 0) is 4.79 Å². The molecule has 1 aromatic carbocycles. The van der Waals surface area contributed by atoms with Crippen molar-refractivity contribution in [3.63, 3.8) is 0 Å². The fraction of sp³-hybridized carbons (Fsp3) is 0.316. The van der Waals surface area contributed by atoms with Gasteiger partial charge in [0, 0.05) is 16.2 Å². The molecule has 2 aliphatic rings. The number of aliphatic imine (C=N–C) groups is 1. The SMILES string of the molecule is O=C1C(=Nc2ccc(Br)cn2)c2ccccc2N1CN1CCCCC1. The van der Waals surface area contributed by atoms with Gasteiger partial charge in [-0.3, -0.25) is 14.6 Å². The minimum Gasteiger partial charge on any atom is -0.293 e. The van der Waals surface area contributed by atoms with Gasteiger partial charge in [-0.15, -0.1) is 0 Å². The molecule has 0 N–H and O–H groups in total. The van der Waals surface area contributed by atoms with Crippen molar-refractivity contribution in [2.24, 2.45) is 4.99 Å². The molecule has 3 heterocycles. The summed E-state index contributed by atoms with van der Waals surface area (Å²) < 4.78 is 0.890. The van der Waals surface area contributed by atoms with Crippen LogP contribution >= 0.6 is 15.9 Å². The van der Waals surface area contributed by atoms with Gasteiger partial charge >= 0.3 is 0 Å². The van der Waals surface area contributed by atoms with Gasteiger partial charge in [-0.25, -0.2) is 9.98 Å². The number of rotatable bonds is 3. The molecule has 1 aromatic heterocycles. The normalized spacial score (nSPS) is 19.5. The second-order valence-electron chi connectivity index (χ2n) is 6.37. The predicted molar refractivity (Wildman–Crippen MR) is 102 cm³/mol. The number of para-hydroxylation sites is 1. The lowest BCUT2D eigenvalue weighted by Crippen LogP contribution is -2.43. The standard InChI is InChI=1S/C19H19BrN4O/c20-14-8-9-17(21-12-14)22-18-15-6-2-3-7-16(15)24(19(18)25)13-23-10-4-1-5-11-23/h2-3,6-9,12H,1,4-5,10-11,13H2. The maximum absolute atomic E-state index is 13.0. The number of nitrogens with zero attached hydrogens (tertiary/aromatic N) is 4. The molecule has 1 amide bonds. The van der Waals surface area contributed by atoms with Gasteiger partial charge in [-0.05, 0) is 60.1 Å². The number of piperidine rings is 1. The van der Waals surface area contributed by atoms with Crippen LogP contribution in [0.5, 0.6) is 0 Å². The third-order valence-corrected chi connectivity index (χ3v) is 5.10. The Kier molecular flexibility index (Phi) is 4.63. The Morgan fingerprint density at radius 1 is 1.08 bits per heavy atom. The second-order valence-corrected chi connectivity index (χ2v) is 7.28. The van der Waals surface area contributed by atoms with E-state index in [1.54, 1.807) is 12.3 Å². The van der Waals surface area contributed by atoms with E-state index in [4.69, 9.17) is 0 Å². The average Bonchev–Trinajstić information content (AvgIpc) is 2.90. The molecule has 4 rings (SSSR count). The van der Waals surface area contributed by atoms with Crippen LogP contribution in [-0.4, -0.2) is 41.3 Å². The van der Waals surface area contributed by atoms with E-state index in [-0.39, 0.29) is 5.91 Å². The van der Waals surface area contributed by atoms with Crippen molar-refractivity contribution >= 4 is 39.1 Å². The molecule has 0 unspecified atom stereocenters. The van der Waals surface area contributed by atoms with Gasteiger partial charge < -0.3 is 0 Å². The number of carbonyl (C=O) groups is 1. The summed E-state index contributed by atoms with van der Waals surface area (Å²) >= 11 is 3.37. The van der Waals surface area contributed by atoms with E-state index < -0.39 is 0 Å². The van der Waals surface area contributed by atoms with Crippen LogP contribution in [0.4, 0.5) is 11.5 Å². The molecule has 1 saturated heterocycles. The first kappa shape index (κ1) is 16.4. The Morgan fingerprint density at radius 3 is 2.64 bits per heavy atom. The molecule has 6 heteroatoms. The van der Waals surface area contributed by atoms with E-state index in [9.17, 15) is 4.79 Å². The Morgan fingerprint density at radius 2 is 1.88 bits per heavy atom. The van der Waals surface area contributed by atoms with Crippen molar-refractivity contribution in [1.29, 1.82) is 0 Å². The monoisotopic (exact) mass is 398 g/mol. The smallest absolute Gasteiger partial charge is 0.278 e. The van der Waals surface area contributed by atoms with Crippen LogP contribution in [0.1, 0.15) is 24.8 Å². The van der Waals surface area contributed by atoms with E-state index in [2.05, 4.69) is 30.8 Å². The number of fused-ring (bicyclic) bond motifs is 1. The van der Waals surface area contributed by atoms with E-state index in [1.165, 1.54) is 19.3 Å². The maximum Gasteiger partial charge on any atom is 0.278 e. The number of halogens is 1. The third-order valence-electron chi connectivity index (χ3n) is 4.63. The predicted octanol–water partition coefficient (Wildman–Crippen LogP) is 3.75. The summed E-state index contributed by atoms with van der Waals surface area (Å²) in [6, 6.07) is 11.6. The van der Waals surface area contributed by atoms with Gasteiger partial charge in [0.05, 0.1) is 12.4 Å². The molecule has 2 aromatic rings. The number of hydrogen-bond acceptors (Lipinski definition) is 4. The van der Waals surface area contributed by atoms with Gasteiger partial charge in [-0.1, -0.05) is 24.6 Å². The Labute approximate surface area is 155 Å². The molecule has 2 aliphatic heterocycles. The lowest BCUT2D eigenvalue weighted by Gasteiger charge is -2.30. The average molecular weight is 399 g/mol. The number of aromatic nitrogens is 1. The molecule has 0 bridgehead atoms. The van der Waals surface area contributed by atoms with Crippen LogP contribution < -0.4 is 4.90 Å². The van der Waals surface area contributed by atoms with Gasteiger partial charge in [-0.2, -0.15) is 0 Å². The van der Waals surface area contributed by atoms with Crippen LogP contribution in [0.15, 0.2) is 52.1 Å². The highest BCUT2D eigenvalue weighted by Crippen LogP contribution is 2.31. The van der Waals surface area contributed by atoms with Crippen LogP contribution in [0.25, 0.3) is 0 Å². The van der Waals surface area contributed by atoms with Gasteiger partial charge in [0.2, 0.25) is 0 Å². The molecule has 0 saturated carbocycles. The first-order valence-corrected chi connectivity index (χ1v) is 9.35. The molecule has 0 atom stereocenters. The number of pyridine rings is 1. The summed E-state index contributed by atoms with van der Waals surface area (Å²) in [4.78, 5) is 26.0. The number of anilines is 1. The fourth-order valence-electron chi connectivity index (χ4n) is 3.36. The van der Waals surface area contributed by atoms with Crippen LogP contribution in [0.3, 0.4) is 0 Å².